The number of nitrogens with zero attached hydrogens (tertiary/aromatic N) is 5. The molecule has 0 fully saturated rings. The van der Waals surface area contributed by atoms with Crippen molar-refractivity contribution in [3.8, 4) is 12.1 Å². The molecule has 0 atom stereocenters. The van der Waals surface area contributed by atoms with Gasteiger partial charge in [0.15, 0.2) is 11.2 Å². The average molecular weight is 1470 g/mol. The Morgan fingerprint density at radius 3 is 0.752 bits per heavy atom. The van der Waals surface area contributed by atoms with Gasteiger partial charge in [0.2, 0.25) is 19.3 Å². The SMILES string of the molecule is O=[N+]([O-])C=C(c1ccccc1)c1ccccc1.O=[N+]([O-])CC(OCCCCCCOC(C[N+](=O)[O-])(c1ccccc1)c1ccccc1)(c1ccccc1)c1ccccc1.OCCCCCCO.[BH4-].[B].[O-][N+]#CC(OCCCCCCOC(C#[N+][O-])(c1ccccc1)c1ccccc1)(c1ccccc1)c1ccccc1. The highest BCUT2D eigenvalue weighted by molar-refractivity contribution is 5.79. The molecule has 0 spiro atoms. The molecule has 10 aromatic carbocycles. The highest BCUT2D eigenvalue weighted by Crippen LogP contribution is 2.39. The van der Waals surface area contributed by atoms with E-state index in [0.717, 1.165) is 126 Å². The van der Waals surface area contributed by atoms with Crippen LogP contribution in [0.15, 0.2) is 310 Å². The lowest BCUT2D eigenvalue weighted by Gasteiger charge is -2.32. The molecule has 21 heteroatoms. The van der Waals surface area contributed by atoms with Gasteiger partial charge in [0, 0.05) is 90.2 Å². The van der Waals surface area contributed by atoms with Gasteiger partial charge in [-0.1, -0.05) is 350 Å². The number of hydrogen-bond acceptors (Lipinski definition) is 14. The molecule has 0 amide bonds. The molecule has 0 aliphatic rings. The van der Waals surface area contributed by atoms with Crippen molar-refractivity contribution in [2.45, 2.75) is 99.5 Å². The van der Waals surface area contributed by atoms with E-state index < -0.39 is 27.3 Å². The van der Waals surface area contributed by atoms with Crippen LogP contribution < -0.4 is 0 Å². The summed E-state index contributed by atoms with van der Waals surface area (Å²) in [6.45, 7) is 1.33. The second-order valence-electron chi connectivity index (χ2n) is 25.0. The molecular weight excluding hydrogens is 1370 g/mol. The fourth-order valence-corrected chi connectivity index (χ4v) is 12.4. The van der Waals surface area contributed by atoms with Crippen molar-refractivity contribution < 1.29 is 43.9 Å². The maximum Gasteiger partial charge on any atom is 0.344 e. The molecule has 565 valence electrons. The first kappa shape index (κ1) is 88.2. The van der Waals surface area contributed by atoms with Crippen LogP contribution in [0.5, 0.6) is 0 Å². The van der Waals surface area contributed by atoms with E-state index in [1.165, 1.54) is 0 Å². The average Bonchev–Trinajstić information content (AvgIpc) is 0.766. The summed E-state index contributed by atoms with van der Waals surface area (Å²) >= 11 is 0. The van der Waals surface area contributed by atoms with E-state index in [2.05, 4.69) is 22.2 Å². The van der Waals surface area contributed by atoms with Crippen LogP contribution in [0.1, 0.15) is 133 Å². The molecule has 0 heterocycles. The molecule has 0 aromatic heterocycles. The predicted molar refractivity (Wildman–Crippen MR) is 437 cm³/mol. The van der Waals surface area contributed by atoms with E-state index >= 15 is 0 Å². The molecule has 0 saturated carbocycles. The number of benzene rings is 10. The second-order valence-corrected chi connectivity index (χ2v) is 25.0. The summed E-state index contributed by atoms with van der Waals surface area (Å²) < 4.78 is 25.5. The molecule has 0 bridgehead atoms. The van der Waals surface area contributed by atoms with Crippen molar-refractivity contribution in [1.82, 2.24) is 0 Å². The second kappa shape index (κ2) is 49.5. The molecule has 19 nitrogen and oxygen atoms in total. The van der Waals surface area contributed by atoms with Crippen LogP contribution >= 0.6 is 0 Å². The predicted octanol–water partition coefficient (Wildman–Crippen LogP) is 17.2. The monoisotopic (exact) mass is 1470 g/mol. The first-order chi connectivity index (χ1) is 52.4. The smallest absolute Gasteiger partial charge is 0.344 e. The summed E-state index contributed by atoms with van der Waals surface area (Å²) in [7, 11) is 0. The van der Waals surface area contributed by atoms with Crippen molar-refractivity contribution in [2.24, 2.45) is 0 Å². The van der Waals surface area contributed by atoms with Crippen LogP contribution in [0.3, 0.4) is 0 Å². The van der Waals surface area contributed by atoms with Gasteiger partial charge in [-0.05, 0) is 71.9 Å². The van der Waals surface area contributed by atoms with E-state index in [1.54, 1.807) is 0 Å². The molecule has 0 aliphatic carbocycles. The van der Waals surface area contributed by atoms with E-state index in [0.29, 0.717) is 44.8 Å². The number of rotatable bonds is 38. The lowest BCUT2D eigenvalue weighted by molar-refractivity contribution is -0.501. The Balaban J connectivity index is 0.000000294. The molecular formula is C88H97B2N5O14-. The third-order valence-electron chi connectivity index (χ3n) is 17.7. The van der Waals surface area contributed by atoms with Crippen LogP contribution in [-0.2, 0) is 41.4 Å². The first-order valence-corrected chi connectivity index (χ1v) is 36.0. The highest BCUT2D eigenvalue weighted by atomic mass is 16.6. The van der Waals surface area contributed by atoms with Crippen LogP contribution in [0.4, 0.5) is 0 Å². The number of aliphatic hydroxyl groups is 2. The zero-order chi connectivity index (χ0) is 75.9. The summed E-state index contributed by atoms with van der Waals surface area (Å²) in [4.78, 5) is 33.2. The van der Waals surface area contributed by atoms with Gasteiger partial charge in [0.1, 0.15) is 0 Å². The number of hydrogen-bond donors (Lipinski definition) is 2. The van der Waals surface area contributed by atoms with E-state index in [9.17, 15) is 40.8 Å². The Kier molecular flexibility index (Phi) is 40.0. The fourth-order valence-electron chi connectivity index (χ4n) is 12.4. The minimum atomic E-state index is -1.19. The summed E-state index contributed by atoms with van der Waals surface area (Å²) in [5, 5.41) is 79.7. The van der Waals surface area contributed by atoms with Gasteiger partial charge in [-0.25, -0.2) is 0 Å². The minimum absolute atomic E-state index is 0. The number of unbranched alkanes of at least 4 members (excludes halogenated alkanes) is 9. The van der Waals surface area contributed by atoms with Gasteiger partial charge in [0.05, 0.1) is 10.5 Å². The molecule has 3 radical (unpaired) electrons. The third kappa shape index (κ3) is 27.4. The highest BCUT2D eigenvalue weighted by Gasteiger charge is 2.44. The van der Waals surface area contributed by atoms with Crippen molar-refractivity contribution >= 4 is 22.4 Å². The summed E-state index contributed by atoms with van der Waals surface area (Å²) in [6, 6.07) is 99.6. The molecule has 109 heavy (non-hydrogen) atoms. The summed E-state index contributed by atoms with van der Waals surface area (Å²) in [5.74, 6) is 0. The Morgan fingerprint density at radius 2 is 0.541 bits per heavy atom. The topological polar surface area (TPSA) is 262 Å². The van der Waals surface area contributed by atoms with Crippen molar-refractivity contribution in [2.75, 3.05) is 52.7 Å². The lowest BCUT2D eigenvalue weighted by atomic mass is 9.86. The maximum atomic E-state index is 11.8. The zero-order valence-corrected chi connectivity index (χ0v) is 60.7. The van der Waals surface area contributed by atoms with Gasteiger partial charge in [-0.15, -0.1) is 0 Å². The molecule has 2 N–H and O–H groups in total. The largest absolute Gasteiger partial charge is 0.498 e. The van der Waals surface area contributed by atoms with Gasteiger partial charge in [-0.2, -0.15) is 0 Å². The molecule has 0 saturated heterocycles. The Morgan fingerprint density at radius 1 is 0.330 bits per heavy atom. The molecule has 0 unspecified atom stereocenters. The fraction of sp³-hybridized carbons (Fsp3) is 0.273. The van der Waals surface area contributed by atoms with Gasteiger partial charge >= 0.3 is 12.1 Å². The number of aliphatic hydroxyl groups excluding tert-OH is 2. The summed E-state index contributed by atoms with van der Waals surface area (Å²) in [6.07, 6.45) is 11.3. The van der Waals surface area contributed by atoms with Crippen LogP contribution in [0.2, 0.25) is 0 Å². The zero-order valence-electron chi connectivity index (χ0n) is 60.7. The first-order valence-electron chi connectivity index (χ1n) is 36.0. The van der Waals surface area contributed by atoms with Crippen LogP contribution in [0.25, 0.3) is 15.6 Å². The molecule has 10 aromatic rings. The van der Waals surface area contributed by atoms with E-state index in [1.807, 2.05) is 303 Å². The molecule has 0 aliphatic heterocycles. The van der Waals surface area contributed by atoms with E-state index in [4.69, 9.17) is 29.2 Å². The van der Waals surface area contributed by atoms with Gasteiger partial charge < -0.3 is 39.6 Å². The minimum Gasteiger partial charge on any atom is -0.498 e. The van der Waals surface area contributed by atoms with E-state index in [-0.39, 0.29) is 53.0 Å². The number of nitro groups is 3. The van der Waals surface area contributed by atoms with Crippen molar-refractivity contribution in [3.63, 3.8) is 0 Å². The normalized spacial score (nSPS) is 10.8. The van der Waals surface area contributed by atoms with Crippen molar-refractivity contribution in [3.05, 3.63) is 416 Å². The Bertz CT molecular complexity index is 3880. The Hall–Kier alpha value is -11.4. The van der Waals surface area contributed by atoms with Crippen molar-refractivity contribution in [1.29, 1.82) is 0 Å². The van der Waals surface area contributed by atoms with Crippen LogP contribution in [-0.4, -0.2) is 94.5 Å². The number of ether oxygens (including phenoxy) is 4. The Labute approximate surface area is 643 Å². The maximum absolute atomic E-state index is 11.8. The van der Waals surface area contributed by atoms with Gasteiger partial charge in [0.25, 0.3) is 11.2 Å². The third-order valence-corrected chi connectivity index (χ3v) is 17.7. The summed E-state index contributed by atoms with van der Waals surface area (Å²) in [5.41, 5.74) is 3.72. The van der Waals surface area contributed by atoms with Crippen LogP contribution in [0, 0.1) is 52.9 Å². The molecule has 10 rings (SSSR count). The standard InChI is InChI=1S/C34H36N2O6.C34H32N2O4.C14H11NO2.C6H14O2.BH4.B/c37-35(38)27-33(29-17-7-3-8-18-29,30-19-9-4-10-20-30)41-25-15-1-2-16-26-42-34(28-36(39)40,31-21-11-5-12-22-31)32-23-13-6-14-24-32;37-35-27-33(29-17-7-3-8-18-29,30-19-9-4-10-20-30)39-25-15-1-2-16-26-40-34(28-36-38,31-21-11-5-12-22-31)32-23-13-6-14-24-32;16-15(17)11-14(12-7-3-1-4-8-12)13-9-5-2-6-10-13;7-5-3-1-2-4-6-8;;/h3-14,17-24H,1-2,15-16,25-28H2;3-14,17-24H,1-2,15-16,25-26H2;1-11H;7-8H,1-6H2;1H4;/q;;;;-1;. The quantitative estimate of drug-likeness (QED) is 0.0158. The van der Waals surface area contributed by atoms with Gasteiger partial charge in [-0.3, -0.25) is 30.3 Å². The lowest BCUT2D eigenvalue weighted by Crippen LogP contribution is -2.39.